The maximum Gasteiger partial charge on any atom is 0.295 e. The first kappa shape index (κ1) is 25.5. The lowest BCUT2D eigenvalue weighted by molar-refractivity contribution is -0.139. The van der Waals surface area contributed by atoms with E-state index in [0.29, 0.717) is 24.6 Å². The summed E-state index contributed by atoms with van der Waals surface area (Å²) in [6.45, 7) is 9.86. The van der Waals surface area contributed by atoms with Crippen LogP contribution in [0.15, 0.2) is 48.0 Å². The first-order valence-corrected chi connectivity index (χ1v) is 11.8. The quantitative estimate of drug-likeness (QED) is 0.331. The van der Waals surface area contributed by atoms with Gasteiger partial charge in [-0.25, -0.2) is 0 Å². The zero-order valence-electron chi connectivity index (χ0n) is 21.1. The molecule has 1 unspecified atom stereocenters. The Balaban J connectivity index is 2.04. The second-order valence-electron chi connectivity index (χ2n) is 9.75. The van der Waals surface area contributed by atoms with Crippen LogP contribution in [-0.2, 0) is 9.59 Å². The highest BCUT2D eigenvalue weighted by Crippen LogP contribution is 2.40. The van der Waals surface area contributed by atoms with Crippen molar-refractivity contribution in [1.29, 1.82) is 0 Å². The number of aryl methyl sites for hydroxylation is 2. The van der Waals surface area contributed by atoms with Crippen molar-refractivity contribution in [2.75, 3.05) is 33.8 Å². The molecule has 1 fully saturated rings. The summed E-state index contributed by atoms with van der Waals surface area (Å²) in [5.41, 5.74) is 3.34. The average Bonchev–Trinajstić information content (AvgIpc) is 3.02. The fraction of sp³-hybridized carbons (Fsp3) is 0.429. The molecule has 0 saturated carbocycles. The molecule has 1 aliphatic heterocycles. The minimum Gasteiger partial charge on any atom is -0.507 e. The summed E-state index contributed by atoms with van der Waals surface area (Å²) in [5.74, 6) is -0.236. The largest absolute Gasteiger partial charge is 0.507 e. The van der Waals surface area contributed by atoms with Crippen LogP contribution in [0.2, 0.25) is 0 Å². The van der Waals surface area contributed by atoms with Gasteiger partial charge in [0.05, 0.1) is 18.2 Å². The molecule has 0 aliphatic carbocycles. The van der Waals surface area contributed by atoms with E-state index in [1.54, 1.807) is 17.0 Å². The average molecular weight is 465 g/mol. The van der Waals surface area contributed by atoms with Crippen LogP contribution in [0.3, 0.4) is 0 Å². The summed E-state index contributed by atoms with van der Waals surface area (Å²) < 4.78 is 5.85. The van der Waals surface area contributed by atoms with Crippen LogP contribution in [0.25, 0.3) is 5.76 Å². The molecule has 182 valence electrons. The van der Waals surface area contributed by atoms with Crippen LogP contribution in [0.5, 0.6) is 5.75 Å². The molecule has 0 spiro atoms. The molecule has 0 aromatic heterocycles. The van der Waals surface area contributed by atoms with Crippen LogP contribution >= 0.6 is 0 Å². The molecule has 1 aliphatic rings. The molecule has 6 nitrogen and oxygen atoms in total. The van der Waals surface area contributed by atoms with Crippen LogP contribution in [0, 0.1) is 19.8 Å². The minimum absolute atomic E-state index is 0.135. The number of rotatable bonds is 9. The summed E-state index contributed by atoms with van der Waals surface area (Å²) in [6, 6.07) is 12.5. The van der Waals surface area contributed by atoms with Gasteiger partial charge in [-0.05, 0) is 76.2 Å². The van der Waals surface area contributed by atoms with Crippen LogP contribution < -0.4 is 4.74 Å². The third kappa shape index (κ3) is 5.68. The highest BCUT2D eigenvalue weighted by Gasteiger charge is 2.45. The Morgan fingerprint density at radius 1 is 1.12 bits per heavy atom. The molecule has 3 rings (SSSR count). The number of benzene rings is 2. The van der Waals surface area contributed by atoms with E-state index in [0.717, 1.165) is 35.4 Å². The highest BCUT2D eigenvalue weighted by molar-refractivity contribution is 6.46. The van der Waals surface area contributed by atoms with Crippen LogP contribution in [-0.4, -0.2) is 60.4 Å². The number of hydrogen-bond donors (Lipinski definition) is 1. The van der Waals surface area contributed by atoms with Gasteiger partial charge in [0.2, 0.25) is 0 Å². The van der Waals surface area contributed by atoms with Crippen LogP contribution in [0.4, 0.5) is 0 Å². The number of carbonyl (C=O) groups is 2. The number of ether oxygens (including phenoxy) is 1. The lowest BCUT2D eigenvalue weighted by Crippen LogP contribution is -2.32. The molecule has 2 aromatic rings. The Kier molecular flexibility index (Phi) is 8.15. The molecular weight excluding hydrogens is 428 g/mol. The van der Waals surface area contributed by atoms with Gasteiger partial charge in [0, 0.05) is 12.1 Å². The van der Waals surface area contributed by atoms with Crippen molar-refractivity contribution in [1.82, 2.24) is 9.80 Å². The van der Waals surface area contributed by atoms with Gasteiger partial charge in [-0.15, -0.1) is 0 Å². The molecule has 0 radical (unpaired) electrons. The second kappa shape index (κ2) is 10.9. The van der Waals surface area contributed by atoms with Gasteiger partial charge in [-0.1, -0.05) is 43.7 Å². The van der Waals surface area contributed by atoms with Crippen molar-refractivity contribution >= 4 is 17.4 Å². The standard InChI is InChI=1S/C28H36N2O4/c1-18(2)17-34-23-12-11-22(16-20(23)4)26(31)24-25(21-10-7-9-19(3)15-21)30(28(33)27(24)32)14-8-13-29(5)6/h7,9-12,15-16,18,25,31H,8,13-14,17H2,1-6H3/b26-24-. The molecule has 1 saturated heterocycles. The number of nitrogens with zero attached hydrogens (tertiary/aromatic N) is 2. The zero-order valence-corrected chi connectivity index (χ0v) is 21.1. The lowest BCUT2D eigenvalue weighted by Gasteiger charge is -2.26. The van der Waals surface area contributed by atoms with E-state index in [2.05, 4.69) is 13.8 Å². The van der Waals surface area contributed by atoms with Gasteiger partial charge in [-0.2, -0.15) is 0 Å². The van der Waals surface area contributed by atoms with Gasteiger partial charge >= 0.3 is 0 Å². The third-order valence-corrected chi connectivity index (χ3v) is 5.92. The first-order chi connectivity index (χ1) is 16.1. The minimum atomic E-state index is -0.647. The van der Waals surface area contributed by atoms with Gasteiger partial charge < -0.3 is 19.6 Å². The second-order valence-corrected chi connectivity index (χ2v) is 9.75. The number of amides is 1. The maximum absolute atomic E-state index is 13.2. The Morgan fingerprint density at radius 3 is 2.47 bits per heavy atom. The molecule has 6 heteroatoms. The van der Waals surface area contributed by atoms with Gasteiger partial charge in [-0.3, -0.25) is 9.59 Å². The Bertz CT molecular complexity index is 1090. The Hall–Kier alpha value is -3.12. The van der Waals surface area contributed by atoms with Crippen LogP contribution in [0.1, 0.15) is 48.6 Å². The highest BCUT2D eigenvalue weighted by atomic mass is 16.5. The van der Waals surface area contributed by atoms with E-state index >= 15 is 0 Å². The number of aliphatic hydroxyl groups excluding tert-OH is 1. The summed E-state index contributed by atoms with van der Waals surface area (Å²) in [5, 5.41) is 11.3. The maximum atomic E-state index is 13.2. The molecule has 34 heavy (non-hydrogen) atoms. The fourth-order valence-corrected chi connectivity index (χ4v) is 4.23. The molecule has 2 aromatic carbocycles. The summed E-state index contributed by atoms with van der Waals surface area (Å²) in [6.07, 6.45) is 0.726. The Morgan fingerprint density at radius 2 is 1.85 bits per heavy atom. The molecule has 1 N–H and O–H groups in total. The number of aliphatic hydroxyl groups is 1. The first-order valence-electron chi connectivity index (χ1n) is 11.8. The van der Waals surface area contributed by atoms with Crippen molar-refractivity contribution in [3.63, 3.8) is 0 Å². The molecule has 1 amide bonds. The van der Waals surface area contributed by atoms with Gasteiger partial charge in [0.15, 0.2) is 0 Å². The SMILES string of the molecule is Cc1cccc(C2/C(=C(/O)c3ccc(OCC(C)C)c(C)c3)C(=O)C(=O)N2CCCN(C)C)c1. The predicted molar refractivity (Wildman–Crippen MR) is 135 cm³/mol. The lowest BCUT2D eigenvalue weighted by atomic mass is 9.94. The topological polar surface area (TPSA) is 70.1 Å². The summed E-state index contributed by atoms with van der Waals surface area (Å²) >= 11 is 0. The third-order valence-electron chi connectivity index (χ3n) is 5.92. The van der Waals surface area contributed by atoms with Crippen molar-refractivity contribution in [2.24, 2.45) is 5.92 Å². The molecule has 1 atom stereocenters. The fourth-order valence-electron chi connectivity index (χ4n) is 4.23. The molecule has 1 heterocycles. The number of carbonyl (C=O) groups excluding carboxylic acids is 2. The van der Waals surface area contributed by atoms with E-state index in [4.69, 9.17) is 4.74 Å². The molecular formula is C28H36N2O4. The van der Waals surface area contributed by atoms with Gasteiger partial charge in [0.25, 0.3) is 11.7 Å². The van der Waals surface area contributed by atoms with E-state index in [9.17, 15) is 14.7 Å². The predicted octanol–water partition coefficient (Wildman–Crippen LogP) is 4.71. The Labute approximate surface area is 202 Å². The number of ketones is 1. The van der Waals surface area contributed by atoms with E-state index in [1.165, 1.54) is 0 Å². The van der Waals surface area contributed by atoms with Crippen molar-refractivity contribution in [3.05, 3.63) is 70.3 Å². The summed E-state index contributed by atoms with van der Waals surface area (Å²) in [7, 11) is 3.95. The van der Waals surface area contributed by atoms with Crippen molar-refractivity contribution in [2.45, 2.75) is 40.2 Å². The van der Waals surface area contributed by atoms with Gasteiger partial charge in [0.1, 0.15) is 11.5 Å². The van der Waals surface area contributed by atoms with E-state index < -0.39 is 17.7 Å². The molecule has 0 bridgehead atoms. The number of Topliss-reactive ketones (excluding diaryl/α,β-unsaturated/α-hetero) is 1. The number of hydrogen-bond acceptors (Lipinski definition) is 5. The number of likely N-dealkylation sites (tertiary alicyclic amines) is 1. The van der Waals surface area contributed by atoms with E-state index in [-0.39, 0.29) is 11.3 Å². The monoisotopic (exact) mass is 464 g/mol. The van der Waals surface area contributed by atoms with Crippen molar-refractivity contribution in [3.8, 4) is 5.75 Å². The summed E-state index contributed by atoms with van der Waals surface area (Å²) in [4.78, 5) is 29.9. The zero-order chi connectivity index (χ0) is 25.0. The smallest absolute Gasteiger partial charge is 0.295 e. The van der Waals surface area contributed by atoms with Crippen molar-refractivity contribution < 1.29 is 19.4 Å². The normalized spacial score (nSPS) is 17.8. The van der Waals surface area contributed by atoms with E-state index in [1.807, 2.05) is 63.2 Å².